The predicted molar refractivity (Wildman–Crippen MR) is 75.7 cm³/mol. The second kappa shape index (κ2) is 6.07. The van der Waals surface area contributed by atoms with Crippen LogP contribution in [0, 0.1) is 6.92 Å². The molecule has 0 aliphatic rings. The van der Waals surface area contributed by atoms with Crippen LogP contribution in [-0.4, -0.2) is 28.8 Å². The first-order valence-electron chi connectivity index (χ1n) is 6.18. The molecule has 1 atom stereocenters. The SMILES string of the molecule is Cc1onc(-c2ccccc2Cl)c1C(=O)NCC(C)O. The van der Waals surface area contributed by atoms with Crippen molar-refractivity contribution in [1.82, 2.24) is 10.5 Å². The number of hydrogen-bond donors (Lipinski definition) is 2. The van der Waals surface area contributed by atoms with E-state index < -0.39 is 6.10 Å². The number of aromatic nitrogens is 1. The number of nitrogens with zero attached hydrogens (tertiary/aromatic N) is 1. The number of carbonyl (C=O) groups is 1. The Morgan fingerprint density at radius 3 is 2.85 bits per heavy atom. The maximum atomic E-state index is 12.2. The summed E-state index contributed by atoms with van der Waals surface area (Å²) >= 11 is 6.12. The van der Waals surface area contributed by atoms with Crippen LogP contribution in [0.3, 0.4) is 0 Å². The van der Waals surface area contributed by atoms with Gasteiger partial charge in [-0.25, -0.2) is 0 Å². The number of halogens is 1. The molecule has 0 saturated carbocycles. The van der Waals surface area contributed by atoms with Crippen LogP contribution in [0.5, 0.6) is 0 Å². The number of aliphatic hydroxyl groups is 1. The zero-order valence-electron chi connectivity index (χ0n) is 11.2. The highest BCUT2D eigenvalue weighted by molar-refractivity contribution is 6.33. The molecular formula is C14H15ClN2O3. The Hall–Kier alpha value is -1.85. The molecule has 20 heavy (non-hydrogen) atoms. The smallest absolute Gasteiger partial charge is 0.257 e. The highest BCUT2D eigenvalue weighted by Crippen LogP contribution is 2.30. The first-order chi connectivity index (χ1) is 9.50. The third kappa shape index (κ3) is 3.00. The van der Waals surface area contributed by atoms with Crippen LogP contribution in [-0.2, 0) is 0 Å². The molecule has 0 aliphatic carbocycles. The standard InChI is InChI=1S/C14H15ClN2O3/c1-8(18)7-16-14(19)12-9(2)20-17-13(12)10-5-3-4-6-11(10)15/h3-6,8,18H,7H2,1-2H3,(H,16,19). The molecule has 2 rings (SSSR count). The fraction of sp³-hybridized carbons (Fsp3) is 0.286. The van der Waals surface area contributed by atoms with E-state index in [1.807, 2.05) is 6.07 Å². The van der Waals surface area contributed by atoms with Crippen molar-refractivity contribution in [3.8, 4) is 11.3 Å². The number of carbonyl (C=O) groups excluding carboxylic acids is 1. The summed E-state index contributed by atoms with van der Waals surface area (Å²) in [5, 5.41) is 16.2. The summed E-state index contributed by atoms with van der Waals surface area (Å²) in [6.45, 7) is 3.41. The molecule has 2 aromatic rings. The Kier molecular flexibility index (Phi) is 4.42. The van der Waals surface area contributed by atoms with Gasteiger partial charge in [0.05, 0.1) is 11.1 Å². The molecule has 5 nitrogen and oxygen atoms in total. The van der Waals surface area contributed by atoms with Gasteiger partial charge in [0.1, 0.15) is 17.0 Å². The number of rotatable bonds is 4. The van der Waals surface area contributed by atoms with Crippen molar-refractivity contribution in [3.63, 3.8) is 0 Å². The summed E-state index contributed by atoms with van der Waals surface area (Å²) in [6, 6.07) is 7.10. The van der Waals surface area contributed by atoms with Gasteiger partial charge < -0.3 is 14.9 Å². The summed E-state index contributed by atoms with van der Waals surface area (Å²) in [4.78, 5) is 12.2. The van der Waals surface area contributed by atoms with Crippen LogP contribution in [0.4, 0.5) is 0 Å². The van der Waals surface area contributed by atoms with E-state index in [1.54, 1.807) is 32.0 Å². The zero-order valence-corrected chi connectivity index (χ0v) is 11.9. The monoisotopic (exact) mass is 294 g/mol. The molecule has 1 heterocycles. The molecular weight excluding hydrogens is 280 g/mol. The van der Waals surface area contributed by atoms with E-state index in [0.29, 0.717) is 27.6 Å². The molecule has 6 heteroatoms. The van der Waals surface area contributed by atoms with E-state index >= 15 is 0 Å². The maximum absolute atomic E-state index is 12.2. The van der Waals surface area contributed by atoms with E-state index in [4.69, 9.17) is 16.1 Å². The molecule has 0 spiro atoms. The van der Waals surface area contributed by atoms with Crippen LogP contribution in [0.1, 0.15) is 23.0 Å². The zero-order chi connectivity index (χ0) is 14.7. The molecule has 0 saturated heterocycles. The lowest BCUT2D eigenvalue weighted by Gasteiger charge is -2.08. The lowest BCUT2D eigenvalue weighted by Crippen LogP contribution is -2.31. The molecule has 0 bridgehead atoms. The van der Waals surface area contributed by atoms with Crippen molar-refractivity contribution < 1.29 is 14.4 Å². The number of nitrogens with one attached hydrogen (secondary N) is 1. The summed E-state index contributed by atoms with van der Waals surface area (Å²) in [7, 11) is 0. The number of benzene rings is 1. The lowest BCUT2D eigenvalue weighted by molar-refractivity contribution is 0.0923. The quantitative estimate of drug-likeness (QED) is 0.908. The second-order valence-electron chi connectivity index (χ2n) is 4.50. The van der Waals surface area contributed by atoms with Gasteiger partial charge in [-0.2, -0.15) is 0 Å². The van der Waals surface area contributed by atoms with Gasteiger partial charge in [0, 0.05) is 12.1 Å². The van der Waals surface area contributed by atoms with Crippen LogP contribution in [0.2, 0.25) is 5.02 Å². The number of aryl methyl sites for hydroxylation is 1. The number of amides is 1. The first kappa shape index (κ1) is 14.6. The summed E-state index contributed by atoms with van der Waals surface area (Å²) in [6.07, 6.45) is -0.622. The minimum Gasteiger partial charge on any atom is -0.392 e. The van der Waals surface area contributed by atoms with E-state index in [0.717, 1.165) is 0 Å². The van der Waals surface area contributed by atoms with Gasteiger partial charge in [-0.3, -0.25) is 4.79 Å². The molecule has 2 N–H and O–H groups in total. The largest absolute Gasteiger partial charge is 0.392 e. The Balaban J connectivity index is 2.38. The second-order valence-corrected chi connectivity index (χ2v) is 4.91. The number of hydrogen-bond acceptors (Lipinski definition) is 4. The molecule has 0 radical (unpaired) electrons. The maximum Gasteiger partial charge on any atom is 0.257 e. The summed E-state index contributed by atoms with van der Waals surface area (Å²) in [5.74, 6) is 0.0579. The fourth-order valence-corrected chi connectivity index (χ4v) is 2.03. The van der Waals surface area contributed by atoms with Crippen molar-refractivity contribution in [2.75, 3.05) is 6.54 Å². The Morgan fingerprint density at radius 1 is 1.50 bits per heavy atom. The number of aliphatic hydroxyl groups excluding tert-OH is 1. The van der Waals surface area contributed by atoms with Gasteiger partial charge in [0.25, 0.3) is 5.91 Å². The van der Waals surface area contributed by atoms with Crippen LogP contribution in [0.25, 0.3) is 11.3 Å². The molecule has 1 unspecified atom stereocenters. The van der Waals surface area contributed by atoms with Gasteiger partial charge in [0.2, 0.25) is 0 Å². The van der Waals surface area contributed by atoms with Crippen molar-refractivity contribution in [2.24, 2.45) is 0 Å². The van der Waals surface area contributed by atoms with Crippen molar-refractivity contribution in [1.29, 1.82) is 0 Å². The van der Waals surface area contributed by atoms with E-state index in [2.05, 4.69) is 10.5 Å². The van der Waals surface area contributed by atoms with E-state index in [1.165, 1.54) is 0 Å². The molecule has 106 valence electrons. The first-order valence-corrected chi connectivity index (χ1v) is 6.56. The normalized spacial score (nSPS) is 12.2. The van der Waals surface area contributed by atoms with Crippen LogP contribution >= 0.6 is 11.6 Å². The van der Waals surface area contributed by atoms with Gasteiger partial charge in [-0.05, 0) is 19.9 Å². The summed E-state index contributed by atoms with van der Waals surface area (Å²) < 4.78 is 5.10. The minimum absolute atomic E-state index is 0.158. The van der Waals surface area contributed by atoms with Gasteiger partial charge in [0.15, 0.2) is 0 Å². The Bertz CT molecular complexity index is 623. The highest BCUT2D eigenvalue weighted by atomic mass is 35.5. The van der Waals surface area contributed by atoms with Crippen molar-refractivity contribution >= 4 is 17.5 Å². The topological polar surface area (TPSA) is 75.4 Å². The van der Waals surface area contributed by atoms with Gasteiger partial charge in [-0.15, -0.1) is 0 Å². The van der Waals surface area contributed by atoms with Gasteiger partial charge in [-0.1, -0.05) is 35.0 Å². The van der Waals surface area contributed by atoms with Crippen molar-refractivity contribution in [3.05, 3.63) is 40.6 Å². The predicted octanol–water partition coefficient (Wildman–Crippen LogP) is 2.41. The highest BCUT2D eigenvalue weighted by Gasteiger charge is 2.22. The minimum atomic E-state index is -0.622. The third-order valence-electron chi connectivity index (χ3n) is 2.78. The van der Waals surface area contributed by atoms with Crippen LogP contribution < -0.4 is 5.32 Å². The average Bonchev–Trinajstić information content (AvgIpc) is 2.78. The summed E-state index contributed by atoms with van der Waals surface area (Å²) in [5.41, 5.74) is 1.36. The Labute approximate surface area is 121 Å². The third-order valence-corrected chi connectivity index (χ3v) is 3.11. The lowest BCUT2D eigenvalue weighted by atomic mass is 10.1. The van der Waals surface area contributed by atoms with Crippen LogP contribution in [0.15, 0.2) is 28.8 Å². The molecule has 1 amide bonds. The molecule has 0 aliphatic heterocycles. The Morgan fingerprint density at radius 2 is 2.20 bits per heavy atom. The molecule has 1 aromatic carbocycles. The van der Waals surface area contributed by atoms with Crippen molar-refractivity contribution in [2.45, 2.75) is 20.0 Å². The molecule has 1 aromatic heterocycles. The average molecular weight is 295 g/mol. The van der Waals surface area contributed by atoms with E-state index in [9.17, 15) is 9.90 Å². The molecule has 0 fully saturated rings. The van der Waals surface area contributed by atoms with E-state index in [-0.39, 0.29) is 12.5 Å². The fourth-order valence-electron chi connectivity index (χ4n) is 1.81. The van der Waals surface area contributed by atoms with Gasteiger partial charge >= 0.3 is 0 Å².